The number of benzene rings is 1. The lowest BCUT2D eigenvalue weighted by atomic mass is 9.83. The van der Waals surface area contributed by atoms with Crippen molar-refractivity contribution in [3.05, 3.63) is 35.9 Å². The summed E-state index contributed by atoms with van der Waals surface area (Å²) in [5.41, 5.74) is 6.00. The zero-order valence-electron chi connectivity index (χ0n) is 11.8. The molecule has 0 aliphatic rings. The lowest BCUT2D eigenvalue weighted by Gasteiger charge is -2.31. The van der Waals surface area contributed by atoms with Crippen molar-refractivity contribution in [1.29, 1.82) is 0 Å². The van der Waals surface area contributed by atoms with E-state index < -0.39 is 5.41 Å². The number of nitrogens with zero attached hydrogens (tertiary/aromatic N) is 1. The Balaban J connectivity index is 2.87. The van der Waals surface area contributed by atoms with Gasteiger partial charge < -0.3 is 10.6 Å². The average Bonchev–Trinajstić information content (AvgIpc) is 2.39. The van der Waals surface area contributed by atoms with Crippen molar-refractivity contribution in [2.24, 2.45) is 5.73 Å². The van der Waals surface area contributed by atoms with Gasteiger partial charge in [0.25, 0.3) is 0 Å². The van der Waals surface area contributed by atoms with Crippen LogP contribution in [0.1, 0.15) is 32.8 Å². The number of amides is 1. The summed E-state index contributed by atoms with van der Waals surface area (Å²) in [6.45, 7) is 7.12. The Morgan fingerprint density at radius 2 is 1.89 bits per heavy atom. The van der Waals surface area contributed by atoms with E-state index in [1.54, 1.807) is 0 Å². The molecule has 0 heterocycles. The largest absolute Gasteiger partial charge is 0.393 e. The number of hydrogen-bond donors (Lipinski definition) is 1. The van der Waals surface area contributed by atoms with Gasteiger partial charge in [-0.3, -0.25) is 4.79 Å². The van der Waals surface area contributed by atoms with Gasteiger partial charge in [0.2, 0.25) is 5.91 Å². The highest BCUT2D eigenvalue weighted by molar-refractivity contribution is 7.80. The number of hydrogen-bond acceptors (Lipinski definition) is 2. The molecule has 0 atom stereocenters. The van der Waals surface area contributed by atoms with Gasteiger partial charge >= 0.3 is 0 Å². The van der Waals surface area contributed by atoms with Crippen LogP contribution in [0.2, 0.25) is 0 Å². The molecule has 104 valence electrons. The van der Waals surface area contributed by atoms with Crippen LogP contribution in [0, 0.1) is 0 Å². The van der Waals surface area contributed by atoms with Gasteiger partial charge in [-0.15, -0.1) is 0 Å². The van der Waals surface area contributed by atoms with Gasteiger partial charge in [0, 0.05) is 19.5 Å². The van der Waals surface area contributed by atoms with E-state index in [2.05, 4.69) is 0 Å². The summed E-state index contributed by atoms with van der Waals surface area (Å²) in [6.07, 6.45) is 0.569. The fourth-order valence-electron chi connectivity index (χ4n) is 2.02. The third kappa shape index (κ3) is 4.03. The molecule has 1 aromatic rings. The molecule has 1 amide bonds. The molecule has 2 N–H and O–H groups in total. The Morgan fingerprint density at radius 1 is 1.32 bits per heavy atom. The first-order valence-corrected chi connectivity index (χ1v) is 6.93. The number of likely N-dealkylation sites (N-methyl/N-ethyl adjacent to an activating group) is 1. The van der Waals surface area contributed by atoms with E-state index in [1.165, 1.54) is 0 Å². The lowest BCUT2D eigenvalue weighted by Crippen LogP contribution is -2.44. The van der Waals surface area contributed by atoms with Crippen LogP contribution in [-0.2, 0) is 10.2 Å². The van der Waals surface area contributed by atoms with E-state index in [4.69, 9.17) is 18.0 Å². The Morgan fingerprint density at radius 3 is 2.37 bits per heavy atom. The molecule has 1 rings (SSSR count). The van der Waals surface area contributed by atoms with Gasteiger partial charge in [-0.2, -0.15) is 0 Å². The molecule has 0 aliphatic heterocycles. The summed E-state index contributed by atoms with van der Waals surface area (Å²) >= 11 is 4.88. The quantitative estimate of drug-likeness (QED) is 0.813. The molecule has 0 saturated carbocycles. The summed E-state index contributed by atoms with van der Waals surface area (Å²) in [5, 5.41) is 0. The van der Waals surface area contributed by atoms with Gasteiger partial charge in [0.1, 0.15) is 0 Å². The lowest BCUT2D eigenvalue weighted by molar-refractivity contribution is -0.136. The number of carbonyl (C=O) groups excluding carboxylic acids is 1. The summed E-state index contributed by atoms with van der Waals surface area (Å²) in [4.78, 5) is 14.9. The van der Waals surface area contributed by atoms with Crippen LogP contribution in [0.3, 0.4) is 0 Å². The van der Waals surface area contributed by atoms with Crippen LogP contribution in [-0.4, -0.2) is 28.9 Å². The summed E-state index contributed by atoms with van der Waals surface area (Å²) in [5.74, 6) is 0.109. The van der Waals surface area contributed by atoms with Crippen LogP contribution in [0.25, 0.3) is 0 Å². The zero-order chi connectivity index (χ0) is 14.5. The first-order valence-electron chi connectivity index (χ1n) is 6.52. The normalized spacial score (nSPS) is 11.1. The second-order valence-corrected chi connectivity index (χ2v) is 5.62. The zero-order valence-corrected chi connectivity index (χ0v) is 12.7. The highest BCUT2D eigenvalue weighted by Crippen LogP contribution is 2.25. The summed E-state index contributed by atoms with van der Waals surface area (Å²) < 4.78 is 0. The maximum atomic E-state index is 12.7. The van der Waals surface area contributed by atoms with Crippen molar-refractivity contribution in [1.82, 2.24) is 4.90 Å². The third-order valence-electron chi connectivity index (χ3n) is 3.33. The van der Waals surface area contributed by atoms with E-state index in [9.17, 15) is 4.79 Å². The van der Waals surface area contributed by atoms with Crippen molar-refractivity contribution in [2.75, 3.05) is 13.1 Å². The van der Waals surface area contributed by atoms with Crippen molar-refractivity contribution in [3.8, 4) is 0 Å². The molecule has 0 saturated heterocycles. The van der Waals surface area contributed by atoms with Gasteiger partial charge in [-0.25, -0.2) is 0 Å². The molecular formula is C15H22N2OS. The molecule has 3 nitrogen and oxygen atoms in total. The molecular weight excluding hydrogens is 256 g/mol. The number of carbonyl (C=O) groups is 1. The molecule has 0 radical (unpaired) electrons. The van der Waals surface area contributed by atoms with Crippen molar-refractivity contribution in [2.45, 2.75) is 32.6 Å². The molecule has 0 spiro atoms. The molecule has 0 fully saturated rings. The van der Waals surface area contributed by atoms with Gasteiger partial charge in [0.05, 0.1) is 10.4 Å². The van der Waals surface area contributed by atoms with E-state index in [1.807, 2.05) is 56.0 Å². The van der Waals surface area contributed by atoms with Crippen molar-refractivity contribution >= 4 is 23.1 Å². The minimum atomic E-state index is -0.534. The molecule has 0 bridgehead atoms. The Labute approximate surface area is 120 Å². The highest BCUT2D eigenvalue weighted by Gasteiger charge is 2.32. The second kappa shape index (κ2) is 6.66. The highest BCUT2D eigenvalue weighted by atomic mass is 32.1. The van der Waals surface area contributed by atoms with Crippen molar-refractivity contribution < 1.29 is 4.79 Å². The fraction of sp³-hybridized carbons (Fsp3) is 0.467. The first-order chi connectivity index (χ1) is 8.89. The Hall–Kier alpha value is -1.42. The van der Waals surface area contributed by atoms with Crippen LogP contribution >= 0.6 is 12.2 Å². The van der Waals surface area contributed by atoms with Gasteiger partial charge in [-0.1, -0.05) is 42.5 Å². The first kappa shape index (κ1) is 15.6. The predicted molar refractivity (Wildman–Crippen MR) is 83.1 cm³/mol. The molecule has 4 heteroatoms. The standard InChI is InChI=1S/C15H22N2OS/c1-4-17(11-10-13(16)19)14(18)15(2,3)12-8-6-5-7-9-12/h5-9H,4,10-11H2,1-3H3,(H2,16,19). The predicted octanol–water partition coefficient (Wildman–Crippen LogP) is 2.49. The topological polar surface area (TPSA) is 46.3 Å². The summed E-state index contributed by atoms with van der Waals surface area (Å²) in [6, 6.07) is 9.83. The minimum Gasteiger partial charge on any atom is -0.393 e. The van der Waals surface area contributed by atoms with Crippen LogP contribution in [0.5, 0.6) is 0 Å². The van der Waals surface area contributed by atoms with E-state index in [0.29, 0.717) is 24.5 Å². The van der Waals surface area contributed by atoms with Gasteiger partial charge in [-0.05, 0) is 26.3 Å². The fourth-order valence-corrected chi connectivity index (χ4v) is 2.11. The van der Waals surface area contributed by atoms with E-state index in [-0.39, 0.29) is 5.91 Å². The average molecular weight is 278 g/mol. The smallest absolute Gasteiger partial charge is 0.232 e. The van der Waals surface area contributed by atoms with E-state index in [0.717, 1.165) is 5.56 Å². The molecule has 1 aromatic carbocycles. The molecule has 0 aromatic heterocycles. The van der Waals surface area contributed by atoms with Crippen LogP contribution in [0.4, 0.5) is 0 Å². The minimum absolute atomic E-state index is 0.109. The molecule has 0 unspecified atom stereocenters. The van der Waals surface area contributed by atoms with Crippen LogP contribution < -0.4 is 5.73 Å². The maximum Gasteiger partial charge on any atom is 0.232 e. The molecule has 0 aliphatic carbocycles. The third-order valence-corrected chi connectivity index (χ3v) is 3.53. The Kier molecular flexibility index (Phi) is 5.48. The van der Waals surface area contributed by atoms with Gasteiger partial charge in [0.15, 0.2) is 0 Å². The monoisotopic (exact) mass is 278 g/mol. The van der Waals surface area contributed by atoms with Crippen LogP contribution in [0.15, 0.2) is 30.3 Å². The number of thiocarbonyl (C=S) groups is 1. The van der Waals surface area contributed by atoms with Crippen molar-refractivity contribution in [3.63, 3.8) is 0 Å². The Bertz CT molecular complexity index is 443. The number of nitrogens with two attached hydrogens (primary N) is 1. The maximum absolute atomic E-state index is 12.7. The molecule has 19 heavy (non-hydrogen) atoms. The number of rotatable bonds is 6. The second-order valence-electron chi connectivity index (χ2n) is 5.09. The SMILES string of the molecule is CCN(CCC(N)=S)C(=O)C(C)(C)c1ccccc1. The van der Waals surface area contributed by atoms with E-state index >= 15 is 0 Å². The summed E-state index contributed by atoms with van der Waals surface area (Å²) in [7, 11) is 0.